The number of carbonyl (C=O) groups excluding carboxylic acids is 2. The summed E-state index contributed by atoms with van der Waals surface area (Å²) in [6.07, 6.45) is -0.273. The van der Waals surface area contributed by atoms with Gasteiger partial charge in [-0.15, -0.1) is 0 Å². The van der Waals surface area contributed by atoms with Crippen LogP contribution in [0.1, 0.15) is 16.8 Å². The number of hydrogen-bond acceptors (Lipinski definition) is 4. The van der Waals surface area contributed by atoms with Gasteiger partial charge in [-0.1, -0.05) is 30.3 Å². The average molecular weight is 270 g/mol. The molecule has 0 aliphatic rings. The van der Waals surface area contributed by atoms with Crippen LogP contribution in [0.2, 0.25) is 0 Å². The van der Waals surface area contributed by atoms with Crippen molar-refractivity contribution in [1.29, 1.82) is 0 Å². The summed E-state index contributed by atoms with van der Waals surface area (Å²) in [5.74, 6) is 0.386. The van der Waals surface area contributed by atoms with Crippen LogP contribution in [-0.4, -0.2) is 18.9 Å². The molecule has 2 aromatic carbocycles. The summed E-state index contributed by atoms with van der Waals surface area (Å²) in [6, 6.07) is 16.0. The first-order valence-electron chi connectivity index (χ1n) is 6.12. The maximum absolute atomic E-state index is 11.9. The van der Waals surface area contributed by atoms with Crippen molar-refractivity contribution < 1.29 is 19.1 Å². The Kier molecular flexibility index (Phi) is 4.50. The summed E-state index contributed by atoms with van der Waals surface area (Å²) in [6.45, 7) is 0. The first-order valence-corrected chi connectivity index (χ1v) is 6.12. The summed E-state index contributed by atoms with van der Waals surface area (Å²) < 4.78 is 10.1. The third-order valence-corrected chi connectivity index (χ3v) is 2.67. The number of ether oxygens (including phenoxy) is 2. The van der Waals surface area contributed by atoms with Gasteiger partial charge in [-0.2, -0.15) is 0 Å². The van der Waals surface area contributed by atoms with Gasteiger partial charge < -0.3 is 9.47 Å². The lowest BCUT2D eigenvalue weighted by Gasteiger charge is -2.07. The van der Waals surface area contributed by atoms with Crippen molar-refractivity contribution in [2.75, 3.05) is 7.11 Å². The molecule has 0 radical (unpaired) electrons. The molecule has 0 amide bonds. The van der Waals surface area contributed by atoms with E-state index >= 15 is 0 Å². The van der Waals surface area contributed by atoms with Gasteiger partial charge in [0.05, 0.1) is 7.11 Å². The molecule has 0 aliphatic carbocycles. The van der Waals surface area contributed by atoms with E-state index in [-0.39, 0.29) is 12.2 Å². The third-order valence-electron chi connectivity index (χ3n) is 2.67. The number of rotatable bonds is 5. The summed E-state index contributed by atoms with van der Waals surface area (Å²) in [4.78, 5) is 23.0. The molecule has 0 saturated carbocycles. The molecule has 0 atom stereocenters. The van der Waals surface area contributed by atoms with Crippen LogP contribution < -0.4 is 4.74 Å². The maximum Gasteiger partial charge on any atom is 0.313 e. The van der Waals surface area contributed by atoms with Crippen molar-refractivity contribution in [3.05, 3.63) is 60.2 Å². The molecular weight excluding hydrogens is 256 g/mol. The van der Waals surface area contributed by atoms with Crippen molar-refractivity contribution in [2.45, 2.75) is 6.42 Å². The van der Waals surface area contributed by atoms with Gasteiger partial charge in [0.25, 0.3) is 0 Å². The van der Waals surface area contributed by atoms with Crippen LogP contribution in [0, 0.1) is 0 Å². The van der Waals surface area contributed by atoms with Gasteiger partial charge in [0.15, 0.2) is 5.78 Å². The molecule has 0 unspecified atom stereocenters. The molecule has 0 saturated heterocycles. The monoisotopic (exact) mass is 270 g/mol. The Bertz CT molecular complexity index is 605. The van der Waals surface area contributed by atoms with Crippen molar-refractivity contribution in [3.63, 3.8) is 0 Å². The first kappa shape index (κ1) is 13.8. The number of methoxy groups -OCH3 is 1. The molecule has 2 rings (SSSR count). The quantitative estimate of drug-likeness (QED) is 0.475. The minimum atomic E-state index is -0.551. The largest absolute Gasteiger partial charge is 0.469 e. The lowest BCUT2D eigenvalue weighted by Crippen LogP contribution is -2.09. The van der Waals surface area contributed by atoms with Gasteiger partial charge >= 0.3 is 5.97 Å². The Balaban J connectivity index is 2.12. The lowest BCUT2D eigenvalue weighted by molar-refractivity contribution is -0.139. The van der Waals surface area contributed by atoms with Crippen LogP contribution in [0.5, 0.6) is 11.5 Å². The fraction of sp³-hybridized carbons (Fsp3) is 0.125. The Labute approximate surface area is 116 Å². The molecule has 20 heavy (non-hydrogen) atoms. The smallest absolute Gasteiger partial charge is 0.313 e. The molecule has 0 fully saturated rings. The highest BCUT2D eigenvalue weighted by Crippen LogP contribution is 2.22. The van der Waals surface area contributed by atoms with Crippen molar-refractivity contribution in [3.8, 4) is 11.5 Å². The second-order valence-corrected chi connectivity index (χ2v) is 4.12. The van der Waals surface area contributed by atoms with Crippen LogP contribution in [0.4, 0.5) is 0 Å². The number of para-hydroxylation sites is 1. The van der Waals surface area contributed by atoms with Gasteiger partial charge in [-0.25, -0.2) is 0 Å². The fourth-order valence-corrected chi connectivity index (χ4v) is 1.66. The number of ketones is 1. The second kappa shape index (κ2) is 6.52. The number of carbonyl (C=O) groups is 2. The van der Waals surface area contributed by atoms with Gasteiger partial charge in [-0.3, -0.25) is 9.59 Å². The minimum absolute atomic E-state index is 0.273. The van der Waals surface area contributed by atoms with Crippen molar-refractivity contribution in [2.24, 2.45) is 0 Å². The van der Waals surface area contributed by atoms with Gasteiger partial charge in [0.1, 0.15) is 17.9 Å². The first-order chi connectivity index (χ1) is 9.69. The topological polar surface area (TPSA) is 52.6 Å². The van der Waals surface area contributed by atoms with E-state index in [0.717, 1.165) is 0 Å². The number of esters is 1. The average Bonchev–Trinajstić information content (AvgIpc) is 2.48. The van der Waals surface area contributed by atoms with Gasteiger partial charge in [0, 0.05) is 5.56 Å². The van der Waals surface area contributed by atoms with Gasteiger partial charge in [-0.05, 0) is 24.3 Å². The Morgan fingerprint density at radius 2 is 1.65 bits per heavy atom. The summed E-state index contributed by atoms with van der Waals surface area (Å²) in [7, 11) is 1.25. The van der Waals surface area contributed by atoms with E-state index in [0.29, 0.717) is 17.1 Å². The zero-order chi connectivity index (χ0) is 14.4. The van der Waals surface area contributed by atoms with E-state index in [9.17, 15) is 9.59 Å². The highest BCUT2D eigenvalue weighted by molar-refractivity contribution is 6.06. The van der Waals surface area contributed by atoms with E-state index in [1.807, 2.05) is 30.3 Å². The molecule has 0 heterocycles. The van der Waals surface area contributed by atoms with Crippen LogP contribution in [0.25, 0.3) is 0 Å². The molecule has 4 heteroatoms. The van der Waals surface area contributed by atoms with E-state index in [2.05, 4.69) is 4.74 Å². The zero-order valence-corrected chi connectivity index (χ0v) is 11.0. The number of hydrogen-bond donors (Lipinski definition) is 0. The zero-order valence-electron chi connectivity index (χ0n) is 11.0. The highest BCUT2D eigenvalue weighted by Gasteiger charge is 2.12. The third kappa shape index (κ3) is 3.68. The summed E-state index contributed by atoms with van der Waals surface area (Å²) >= 11 is 0. The molecule has 0 N–H and O–H groups in total. The molecule has 0 aliphatic heterocycles. The second-order valence-electron chi connectivity index (χ2n) is 4.12. The Morgan fingerprint density at radius 1 is 0.950 bits per heavy atom. The molecule has 0 aromatic heterocycles. The van der Waals surface area contributed by atoms with Crippen LogP contribution in [0.3, 0.4) is 0 Å². The van der Waals surface area contributed by atoms with E-state index in [1.165, 1.54) is 7.11 Å². The fourth-order valence-electron chi connectivity index (χ4n) is 1.66. The van der Waals surface area contributed by atoms with Crippen LogP contribution in [-0.2, 0) is 9.53 Å². The molecular formula is C16H14O4. The van der Waals surface area contributed by atoms with E-state index < -0.39 is 5.97 Å². The molecule has 4 nitrogen and oxygen atoms in total. The molecule has 2 aromatic rings. The molecule has 0 bridgehead atoms. The Morgan fingerprint density at radius 3 is 2.35 bits per heavy atom. The van der Waals surface area contributed by atoms with Gasteiger partial charge in [0.2, 0.25) is 0 Å². The maximum atomic E-state index is 11.9. The van der Waals surface area contributed by atoms with E-state index in [4.69, 9.17) is 4.74 Å². The molecule has 102 valence electrons. The number of Topliss-reactive ketones (excluding diaryl/α,β-unsaturated/α-hetero) is 1. The summed E-state index contributed by atoms with van der Waals surface area (Å²) in [5, 5.41) is 0. The predicted octanol–water partition coefficient (Wildman–Crippen LogP) is 3.22. The van der Waals surface area contributed by atoms with E-state index in [1.54, 1.807) is 24.3 Å². The molecule has 0 spiro atoms. The minimum Gasteiger partial charge on any atom is -0.469 e. The number of benzene rings is 2. The lowest BCUT2D eigenvalue weighted by atomic mass is 10.1. The highest BCUT2D eigenvalue weighted by atomic mass is 16.5. The normalized spacial score (nSPS) is 9.85. The van der Waals surface area contributed by atoms with Crippen molar-refractivity contribution >= 4 is 11.8 Å². The van der Waals surface area contributed by atoms with Crippen LogP contribution in [0.15, 0.2) is 54.6 Å². The predicted molar refractivity (Wildman–Crippen MR) is 73.9 cm³/mol. The SMILES string of the molecule is COC(=O)CC(=O)c1cccc(Oc2ccccc2)c1. The standard InChI is InChI=1S/C16H14O4/c1-19-16(18)11-15(17)12-6-5-9-14(10-12)20-13-7-3-2-4-8-13/h2-10H,11H2,1H3. The van der Waals surface area contributed by atoms with Crippen molar-refractivity contribution in [1.82, 2.24) is 0 Å². The summed E-state index contributed by atoms with van der Waals surface area (Å²) in [5.41, 5.74) is 0.420. The Hall–Kier alpha value is -2.62. The van der Waals surface area contributed by atoms with Crippen LogP contribution >= 0.6 is 0 Å².